The Morgan fingerprint density at radius 1 is 1.11 bits per heavy atom. The van der Waals surface area contributed by atoms with Crippen LogP contribution in [-0.2, 0) is 4.74 Å². The number of anilines is 2. The van der Waals surface area contributed by atoms with E-state index in [1.807, 2.05) is 17.8 Å². The summed E-state index contributed by atoms with van der Waals surface area (Å²) < 4.78 is 7.40. The Morgan fingerprint density at radius 2 is 1.79 bits per heavy atom. The molecule has 3 rings (SSSR count). The number of imidazole rings is 1. The molecule has 1 aromatic carbocycles. The van der Waals surface area contributed by atoms with Crippen LogP contribution in [0.2, 0.25) is 0 Å². The molecule has 0 aliphatic carbocycles. The zero-order valence-electron chi connectivity index (χ0n) is 11.0. The summed E-state index contributed by atoms with van der Waals surface area (Å²) in [5, 5.41) is 3.08. The molecule has 2 aromatic rings. The SMILES string of the molecule is CNc1nccn1-c1ccc(N2CCOCC2)cc1. The van der Waals surface area contributed by atoms with Gasteiger partial charge < -0.3 is 15.0 Å². The molecule has 0 radical (unpaired) electrons. The average Bonchev–Trinajstić information content (AvgIpc) is 2.97. The minimum Gasteiger partial charge on any atom is -0.378 e. The number of rotatable bonds is 3. The van der Waals surface area contributed by atoms with Crippen LogP contribution in [0.4, 0.5) is 11.6 Å². The van der Waals surface area contributed by atoms with Gasteiger partial charge in [0.1, 0.15) is 0 Å². The third-order valence-corrected chi connectivity index (χ3v) is 3.37. The van der Waals surface area contributed by atoms with E-state index in [4.69, 9.17) is 4.74 Å². The first-order valence-corrected chi connectivity index (χ1v) is 6.53. The van der Waals surface area contributed by atoms with E-state index >= 15 is 0 Å². The third-order valence-electron chi connectivity index (χ3n) is 3.37. The van der Waals surface area contributed by atoms with Crippen molar-refractivity contribution >= 4 is 11.6 Å². The van der Waals surface area contributed by atoms with Crippen molar-refractivity contribution in [3.8, 4) is 5.69 Å². The van der Waals surface area contributed by atoms with Crippen LogP contribution in [0.15, 0.2) is 36.7 Å². The second-order valence-corrected chi connectivity index (χ2v) is 4.49. The lowest BCUT2D eigenvalue weighted by atomic mass is 10.2. The van der Waals surface area contributed by atoms with Crippen molar-refractivity contribution in [2.45, 2.75) is 0 Å². The van der Waals surface area contributed by atoms with Crippen LogP contribution in [-0.4, -0.2) is 42.9 Å². The van der Waals surface area contributed by atoms with Crippen LogP contribution in [0.1, 0.15) is 0 Å². The second-order valence-electron chi connectivity index (χ2n) is 4.49. The molecule has 0 atom stereocenters. The molecule has 1 aliphatic rings. The molecule has 1 aliphatic heterocycles. The molecule has 2 heterocycles. The summed E-state index contributed by atoms with van der Waals surface area (Å²) in [7, 11) is 1.88. The van der Waals surface area contributed by atoms with Crippen molar-refractivity contribution in [3.63, 3.8) is 0 Å². The largest absolute Gasteiger partial charge is 0.378 e. The highest BCUT2D eigenvalue weighted by Crippen LogP contribution is 2.20. The van der Waals surface area contributed by atoms with Crippen molar-refractivity contribution in [1.29, 1.82) is 0 Å². The lowest BCUT2D eigenvalue weighted by Gasteiger charge is -2.29. The first-order chi connectivity index (χ1) is 9.38. The van der Waals surface area contributed by atoms with Crippen molar-refractivity contribution in [1.82, 2.24) is 9.55 Å². The Balaban J connectivity index is 1.82. The number of benzene rings is 1. The normalized spacial score (nSPS) is 15.5. The Labute approximate surface area is 112 Å². The molecular formula is C14H18N4O. The molecule has 0 saturated carbocycles. The minimum absolute atomic E-state index is 0.813. The number of hydrogen-bond acceptors (Lipinski definition) is 4. The molecule has 19 heavy (non-hydrogen) atoms. The van der Waals surface area contributed by atoms with Gasteiger partial charge in [-0.2, -0.15) is 0 Å². The Hall–Kier alpha value is -2.01. The second kappa shape index (κ2) is 5.32. The van der Waals surface area contributed by atoms with Gasteiger partial charge in [-0.1, -0.05) is 0 Å². The molecule has 5 nitrogen and oxygen atoms in total. The minimum atomic E-state index is 0.813. The van der Waals surface area contributed by atoms with E-state index in [2.05, 4.69) is 39.5 Å². The van der Waals surface area contributed by atoms with Crippen LogP contribution in [0.3, 0.4) is 0 Å². The first-order valence-electron chi connectivity index (χ1n) is 6.53. The van der Waals surface area contributed by atoms with E-state index in [0.29, 0.717) is 0 Å². The molecule has 0 amide bonds. The van der Waals surface area contributed by atoms with Gasteiger partial charge in [0.15, 0.2) is 0 Å². The number of ether oxygens (including phenoxy) is 1. The van der Waals surface area contributed by atoms with E-state index in [1.54, 1.807) is 6.20 Å². The van der Waals surface area contributed by atoms with E-state index < -0.39 is 0 Å². The molecule has 1 fully saturated rings. The fourth-order valence-corrected chi connectivity index (χ4v) is 2.34. The molecular weight excluding hydrogens is 240 g/mol. The molecule has 5 heteroatoms. The highest BCUT2D eigenvalue weighted by molar-refractivity contribution is 5.52. The van der Waals surface area contributed by atoms with Crippen LogP contribution in [0, 0.1) is 0 Å². The standard InChI is InChI=1S/C14H18N4O/c1-15-14-16-6-7-18(14)13-4-2-12(3-5-13)17-8-10-19-11-9-17/h2-7H,8-11H2,1H3,(H,15,16). The molecule has 1 N–H and O–H groups in total. The number of nitrogens with one attached hydrogen (secondary N) is 1. The summed E-state index contributed by atoms with van der Waals surface area (Å²) in [6.07, 6.45) is 3.75. The quantitative estimate of drug-likeness (QED) is 0.911. The number of hydrogen-bond donors (Lipinski definition) is 1. The van der Waals surface area contributed by atoms with E-state index in [9.17, 15) is 0 Å². The Bertz CT molecular complexity index is 529. The zero-order chi connectivity index (χ0) is 13.1. The molecule has 100 valence electrons. The topological polar surface area (TPSA) is 42.3 Å². The third kappa shape index (κ3) is 2.42. The van der Waals surface area contributed by atoms with E-state index in [1.165, 1.54) is 5.69 Å². The van der Waals surface area contributed by atoms with Crippen LogP contribution < -0.4 is 10.2 Å². The molecule has 1 saturated heterocycles. The maximum absolute atomic E-state index is 5.37. The van der Waals surface area contributed by atoms with Gasteiger partial charge in [0.05, 0.1) is 13.2 Å². The predicted octanol–water partition coefficient (Wildman–Crippen LogP) is 1.75. The van der Waals surface area contributed by atoms with Gasteiger partial charge in [-0.15, -0.1) is 0 Å². The van der Waals surface area contributed by atoms with E-state index in [-0.39, 0.29) is 0 Å². The summed E-state index contributed by atoms with van der Waals surface area (Å²) in [6, 6.07) is 8.54. The zero-order valence-corrected chi connectivity index (χ0v) is 11.0. The summed E-state index contributed by atoms with van der Waals surface area (Å²) in [4.78, 5) is 6.60. The van der Waals surface area contributed by atoms with Gasteiger partial charge >= 0.3 is 0 Å². The van der Waals surface area contributed by atoms with Gasteiger partial charge in [-0.25, -0.2) is 4.98 Å². The van der Waals surface area contributed by atoms with Crippen LogP contribution in [0.5, 0.6) is 0 Å². The molecule has 1 aromatic heterocycles. The summed E-state index contributed by atoms with van der Waals surface area (Å²) in [5.41, 5.74) is 2.36. The molecule has 0 spiro atoms. The predicted molar refractivity (Wildman–Crippen MR) is 76.1 cm³/mol. The fraction of sp³-hybridized carbons (Fsp3) is 0.357. The summed E-state index contributed by atoms with van der Waals surface area (Å²) in [5.74, 6) is 0.846. The lowest BCUT2D eigenvalue weighted by Crippen LogP contribution is -2.36. The molecule has 0 bridgehead atoms. The van der Waals surface area contributed by atoms with Gasteiger partial charge in [0, 0.05) is 43.9 Å². The maximum atomic E-state index is 5.37. The Morgan fingerprint density at radius 3 is 2.47 bits per heavy atom. The number of nitrogens with zero attached hydrogens (tertiary/aromatic N) is 3. The highest BCUT2D eigenvalue weighted by atomic mass is 16.5. The van der Waals surface area contributed by atoms with Gasteiger partial charge in [-0.3, -0.25) is 4.57 Å². The monoisotopic (exact) mass is 258 g/mol. The fourth-order valence-electron chi connectivity index (χ4n) is 2.34. The van der Waals surface area contributed by atoms with Crippen LogP contribution in [0.25, 0.3) is 5.69 Å². The van der Waals surface area contributed by atoms with Crippen LogP contribution >= 0.6 is 0 Å². The van der Waals surface area contributed by atoms with Gasteiger partial charge in [0.2, 0.25) is 5.95 Å². The number of aromatic nitrogens is 2. The highest BCUT2D eigenvalue weighted by Gasteiger charge is 2.11. The van der Waals surface area contributed by atoms with Crippen molar-refractivity contribution < 1.29 is 4.74 Å². The smallest absolute Gasteiger partial charge is 0.207 e. The lowest BCUT2D eigenvalue weighted by molar-refractivity contribution is 0.122. The summed E-state index contributed by atoms with van der Waals surface area (Å²) in [6.45, 7) is 3.55. The van der Waals surface area contributed by atoms with E-state index in [0.717, 1.165) is 37.9 Å². The van der Waals surface area contributed by atoms with Gasteiger partial charge in [-0.05, 0) is 24.3 Å². The maximum Gasteiger partial charge on any atom is 0.207 e. The van der Waals surface area contributed by atoms with Crippen molar-refractivity contribution in [3.05, 3.63) is 36.7 Å². The van der Waals surface area contributed by atoms with Crippen molar-refractivity contribution in [2.75, 3.05) is 43.6 Å². The van der Waals surface area contributed by atoms with Crippen molar-refractivity contribution in [2.24, 2.45) is 0 Å². The average molecular weight is 258 g/mol. The van der Waals surface area contributed by atoms with Gasteiger partial charge in [0.25, 0.3) is 0 Å². The number of morpholine rings is 1. The molecule has 0 unspecified atom stereocenters. The summed E-state index contributed by atoms with van der Waals surface area (Å²) >= 11 is 0. The Kier molecular flexibility index (Phi) is 3.37. The first kappa shape index (κ1) is 12.0.